The van der Waals surface area contributed by atoms with Crippen LogP contribution in [0.5, 0.6) is 0 Å². The maximum atomic E-state index is 13.7. The van der Waals surface area contributed by atoms with Crippen LogP contribution >= 0.6 is 0 Å². The predicted molar refractivity (Wildman–Crippen MR) is 86.4 cm³/mol. The molecule has 0 atom stereocenters. The van der Waals surface area contributed by atoms with Crippen molar-refractivity contribution < 1.29 is 18.0 Å². The lowest BCUT2D eigenvalue weighted by molar-refractivity contribution is 0.251. The average molecular weight is 328 g/mol. The third-order valence-electron chi connectivity index (χ3n) is 3.31. The molecule has 0 unspecified atom stereocenters. The zero-order valence-electron chi connectivity index (χ0n) is 12.6. The minimum absolute atomic E-state index is 0.140. The molecule has 0 aliphatic rings. The van der Waals surface area contributed by atoms with E-state index in [1.54, 1.807) is 24.3 Å². The monoisotopic (exact) mass is 328 g/mol. The molecular formula is C18H14F2N2O2. The highest BCUT2D eigenvalue weighted by molar-refractivity contribution is 5.89. The number of urea groups is 1. The zero-order valence-corrected chi connectivity index (χ0v) is 12.6. The highest BCUT2D eigenvalue weighted by Crippen LogP contribution is 2.25. The topological polar surface area (TPSA) is 54.3 Å². The van der Waals surface area contributed by atoms with Gasteiger partial charge in [0.05, 0.1) is 12.1 Å². The molecule has 0 spiro atoms. The zero-order chi connectivity index (χ0) is 16.9. The second kappa shape index (κ2) is 6.95. The molecular weight excluding hydrogens is 314 g/mol. The SMILES string of the molecule is O=C(NCc1ccc(-c2ccc(F)cc2F)o1)Nc1ccccc1. The summed E-state index contributed by atoms with van der Waals surface area (Å²) < 4.78 is 32.1. The highest BCUT2D eigenvalue weighted by atomic mass is 19.1. The van der Waals surface area contributed by atoms with Gasteiger partial charge >= 0.3 is 6.03 Å². The summed E-state index contributed by atoms with van der Waals surface area (Å²) in [6.45, 7) is 0.140. The lowest BCUT2D eigenvalue weighted by Gasteiger charge is -2.06. The van der Waals surface area contributed by atoms with Gasteiger partial charge < -0.3 is 15.1 Å². The Morgan fingerprint density at radius 3 is 2.54 bits per heavy atom. The van der Waals surface area contributed by atoms with E-state index in [9.17, 15) is 13.6 Å². The van der Waals surface area contributed by atoms with Gasteiger partial charge in [-0.2, -0.15) is 0 Å². The molecule has 3 rings (SSSR count). The lowest BCUT2D eigenvalue weighted by Crippen LogP contribution is -2.27. The molecule has 0 saturated carbocycles. The van der Waals surface area contributed by atoms with Crippen molar-refractivity contribution in [3.63, 3.8) is 0 Å². The molecule has 0 saturated heterocycles. The fourth-order valence-corrected chi connectivity index (χ4v) is 2.17. The van der Waals surface area contributed by atoms with E-state index in [0.717, 1.165) is 12.1 Å². The number of amides is 2. The molecule has 3 aromatic rings. The molecule has 1 heterocycles. The quantitative estimate of drug-likeness (QED) is 0.738. The largest absolute Gasteiger partial charge is 0.459 e. The average Bonchev–Trinajstić information content (AvgIpc) is 3.02. The van der Waals surface area contributed by atoms with E-state index < -0.39 is 11.6 Å². The molecule has 0 fully saturated rings. The van der Waals surface area contributed by atoms with Crippen molar-refractivity contribution in [3.8, 4) is 11.3 Å². The molecule has 1 aromatic heterocycles. The van der Waals surface area contributed by atoms with Crippen molar-refractivity contribution >= 4 is 11.7 Å². The molecule has 0 aliphatic heterocycles. The van der Waals surface area contributed by atoms with E-state index in [1.807, 2.05) is 18.2 Å². The summed E-state index contributed by atoms with van der Waals surface area (Å²) in [4.78, 5) is 11.8. The highest BCUT2D eigenvalue weighted by Gasteiger charge is 2.11. The van der Waals surface area contributed by atoms with Crippen LogP contribution in [0.1, 0.15) is 5.76 Å². The molecule has 0 aliphatic carbocycles. The van der Waals surface area contributed by atoms with Gasteiger partial charge in [0.2, 0.25) is 0 Å². The molecule has 122 valence electrons. The minimum Gasteiger partial charge on any atom is -0.459 e. The van der Waals surface area contributed by atoms with Crippen molar-refractivity contribution in [2.75, 3.05) is 5.32 Å². The van der Waals surface area contributed by atoms with E-state index in [-0.39, 0.29) is 23.9 Å². The normalized spacial score (nSPS) is 10.4. The van der Waals surface area contributed by atoms with Gasteiger partial charge in [-0.1, -0.05) is 18.2 Å². The first kappa shape index (κ1) is 15.7. The Kier molecular flexibility index (Phi) is 4.56. The van der Waals surface area contributed by atoms with Gasteiger partial charge in [-0.05, 0) is 36.4 Å². The number of rotatable bonds is 4. The number of benzene rings is 2. The van der Waals surface area contributed by atoms with E-state index in [1.165, 1.54) is 6.07 Å². The van der Waals surface area contributed by atoms with Gasteiger partial charge in [-0.15, -0.1) is 0 Å². The maximum Gasteiger partial charge on any atom is 0.319 e. The van der Waals surface area contributed by atoms with Crippen LogP contribution in [-0.2, 0) is 6.54 Å². The van der Waals surface area contributed by atoms with Crippen LogP contribution < -0.4 is 10.6 Å². The summed E-state index contributed by atoms with van der Waals surface area (Å²) in [6.07, 6.45) is 0. The van der Waals surface area contributed by atoms with Gasteiger partial charge in [0.25, 0.3) is 0 Å². The second-order valence-corrected chi connectivity index (χ2v) is 5.06. The van der Waals surface area contributed by atoms with Crippen LogP contribution in [0.25, 0.3) is 11.3 Å². The Labute approximate surface area is 137 Å². The Balaban J connectivity index is 1.61. The third kappa shape index (κ3) is 3.78. The number of carbonyl (C=O) groups excluding carboxylic acids is 1. The number of halogens is 2. The molecule has 0 bridgehead atoms. The Bertz CT molecular complexity index is 847. The van der Waals surface area contributed by atoms with Gasteiger partial charge in [-0.3, -0.25) is 0 Å². The minimum atomic E-state index is -0.703. The maximum absolute atomic E-state index is 13.7. The van der Waals surface area contributed by atoms with E-state index >= 15 is 0 Å². The van der Waals surface area contributed by atoms with Crippen molar-refractivity contribution in [3.05, 3.63) is 78.1 Å². The number of hydrogen-bond donors (Lipinski definition) is 2. The molecule has 4 nitrogen and oxygen atoms in total. The number of anilines is 1. The van der Waals surface area contributed by atoms with E-state index in [2.05, 4.69) is 10.6 Å². The van der Waals surface area contributed by atoms with Crippen molar-refractivity contribution in [1.82, 2.24) is 5.32 Å². The smallest absolute Gasteiger partial charge is 0.319 e. The molecule has 2 aromatic carbocycles. The number of hydrogen-bond acceptors (Lipinski definition) is 2. The first-order valence-electron chi connectivity index (χ1n) is 7.26. The number of furan rings is 1. The van der Waals surface area contributed by atoms with Gasteiger partial charge in [0.15, 0.2) is 0 Å². The lowest BCUT2D eigenvalue weighted by atomic mass is 10.1. The fourth-order valence-electron chi connectivity index (χ4n) is 2.17. The third-order valence-corrected chi connectivity index (χ3v) is 3.31. The molecule has 24 heavy (non-hydrogen) atoms. The summed E-state index contributed by atoms with van der Waals surface area (Å²) in [5.74, 6) is -0.627. The number of para-hydroxylation sites is 1. The van der Waals surface area contributed by atoms with Crippen LogP contribution in [0.3, 0.4) is 0 Å². The second-order valence-electron chi connectivity index (χ2n) is 5.06. The Hall–Kier alpha value is -3.15. The van der Waals surface area contributed by atoms with Crippen LogP contribution in [0, 0.1) is 11.6 Å². The molecule has 2 amide bonds. The number of carbonyl (C=O) groups is 1. The van der Waals surface area contributed by atoms with Crippen LogP contribution in [0.4, 0.5) is 19.3 Å². The van der Waals surface area contributed by atoms with Gasteiger partial charge in [-0.25, -0.2) is 13.6 Å². The van der Waals surface area contributed by atoms with E-state index in [0.29, 0.717) is 11.4 Å². The predicted octanol–water partition coefficient (Wildman–Crippen LogP) is 4.55. The van der Waals surface area contributed by atoms with Crippen LogP contribution in [0.2, 0.25) is 0 Å². The molecule has 0 radical (unpaired) electrons. The summed E-state index contributed by atoms with van der Waals surface area (Å²) in [7, 11) is 0. The van der Waals surface area contributed by atoms with Crippen molar-refractivity contribution in [2.45, 2.75) is 6.54 Å². The first-order chi connectivity index (χ1) is 11.6. The standard InChI is InChI=1S/C18H14F2N2O2/c19-12-6-8-15(16(20)10-12)17-9-7-14(24-17)11-21-18(23)22-13-4-2-1-3-5-13/h1-10H,11H2,(H2,21,22,23). The van der Waals surface area contributed by atoms with Crippen molar-refractivity contribution in [1.29, 1.82) is 0 Å². The summed E-state index contributed by atoms with van der Waals surface area (Å²) in [5.41, 5.74) is 0.833. The van der Waals surface area contributed by atoms with Gasteiger partial charge in [0.1, 0.15) is 23.2 Å². The Morgan fingerprint density at radius 1 is 1.00 bits per heavy atom. The molecule has 2 N–H and O–H groups in total. The van der Waals surface area contributed by atoms with Crippen molar-refractivity contribution in [2.24, 2.45) is 0 Å². The van der Waals surface area contributed by atoms with Gasteiger partial charge in [0, 0.05) is 11.8 Å². The van der Waals surface area contributed by atoms with Crippen LogP contribution in [0.15, 0.2) is 65.1 Å². The molecule has 6 heteroatoms. The fraction of sp³-hybridized carbons (Fsp3) is 0.0556. The van der Waals surface area contributed by atoms with Crippen LogP contribution in [-0.4, -0.2) is 6.03 Å². The summed E-state index contributed by atoms with van der Waals surface area (Å²) in [5, 5.41) is 5.31. The van der Waals surface area contributed by atoms with E-state index in [4.69, 9.17) is 4.42 Å². The summed E-state index contributed by atoms with van der Waals surface area (Å²) in [6, 6.07) is 15.1. The number of nitrogens with one attached hydrogen (secondary N) is 2. The summed E-state index contributed by atoms with van der Waals surface area (Å²) >= 11 is 0. The first-order valence-corrected chi connectivity index (χ1v) is 7.26. The Morgan fingerprint density at radius 2 is 1.79 bits per heavy atom.